The van der Waals surface area contributed by atoms with Crippen molar-refractivity contribution in [3.63, 3.8) is 0 Å². The standard InChI is InChI=1S/C35H44N6O5/c1-3-44-34(43)22-32(27-21-30(24-37-23-27)45-18-5-7-33(42)38-16-15-36-2)41-17-12-26-20-29(10-11-31(26)41)46-19-13-28-9-8-25-6-4-14-39-35(25)40-28/h8-12,17,20-21,23-24,32,36H,3-7,13-16,18-19,22H2,1-2H3,(H,38,42)(H,39,40). The highest BCUT2D eigenvalue weighted by Gasteiger charge is 2.22. The summed E-state index contributed by atoms with van der Waals surface area (Å²) in [6.07, 6.45) is 9.39. The molecule has 1 atom stereocenters. The van der Waals surface area contributed by atoms with E-state index in [1.807, 2.05) is 43.6 Å². The van der Waals surface area contributed by atoms with E-state index in [1.165, 1.54) is 5.56 Å². The molecule has 0 saturated heterocycles. The summed E-state index contributed by atoms with van der Waals surface area (Å²) in [5.74, 6) is 2.05. The molecule has 5 rings (SSSR count). The molecule has 0 aliphatic carbocycles. The third-order valence-corrected chi connectivity index (χ3v) is 7.90. The Morgan fingerprint density at radius 3 is 2.80 bits per heavy atom. The zero-order valence-electron chi connectivity index (χ0n) is 26.7. The van der Waals surface area contributed by atoms with E-state index < -0.39 is 0 Å². The molecular weight excluding hydrogens is 584 g/mol. The van der Waals surface area contributed by atoms with Crippen molar-refractivity contribution in [2.45, 2.75) is 51.5 Å². The van der Waals surface area contributed by atoms with Crippen molar-refractivity contribution < 1.29 is 23.8 Å². The number of esters is 1. The van der Waals surface area contributed by atoms with Crippen LogP contribution in [0.25, 0.3) is 10.9 Å². The van der Waals surface area contributed by atoms with Crippen molar-refractivity contribution >= 4 is 28.6 Å². The molecule has 4 aromatic rings. The quantitative estimate of drug-likeness (QED) is 0.115. The fourth-order valence-electron chi connectivity index (χ4n) is 5.57. The Kier molecular flexibility index (Phi) is 11.8. The van der Waals surface area contributed by atoms with Gasteiger partial charge in [-0.1, -0.05) is 6.07 Å². The normalized spacial score (nSPS) is 13.0. The molecule has 1 aliphatic rings. The fourth-order valence-corrected chi connectivity index (χ4v) is 5.57. The number of rotatable bonds is 17. The zero-order chi connectivity index (χ0) is 32.1. The minimum atomic E-state index is -0.360. The van der Waals surface area contributed by atoms with Gasteiger partial charge in [0, 0.05) is 61.5 Å². The third-order valence-electron chi connectivity index (χ3n) is 7.90. The fraction of sp³-hybridized carbons (Fsp3) is 0.429. The second-order valence-electron chi connectivity index (χ2n) is 11.3. The lowest BCUT2D eigenvalue weighted by molar-refractivity contribution is -0.143. The van der Waals surface area contributed by atoms with Crippen LogP contribution in [0, 0.1) is 0 Å². The van der Waals surface area contributed by atoms with Gasteiger partial charge in [0.1, 0.15) is 17.3 Å². The van der Waals surface area contributed by atoms with Crippen LogP contribution in [0.5, 0.6) is 11.5 Å². The van der Waals surface area contributed by atoms with Crippen molar-refractivity contribution in [1.82, 2.24) is 25.2 Å². The molecule has 11 heteroatoms. The van der Waals surface area contributed by atoms with E-state index in [2.05, 4.69) is 37.6 Å². The monoisotopic (exact) mass is 628 g/mol. The summed E-state index contributed by atoms with van der Waals surface area (Å²) < 4.78 is 19.4. The van der Waals surface area contributed by atoms with E-state index in [0.29, 0.717) is 51.4 Å². The highest BCUT2D eigenvalue weighted by atomic mass is 16.5. The van der Waals surface area contributed by atoms with Gasteiger partial charge in [0.2, 0.25) is 5.91 Å². The van der Waals surface area contributed by atoms with Crippen LogP contribution in [0.15, 0.2) is 61.1 Å². The molecule has 1 aliphatic heterocycles. The van der Waals surface area contributed by atoms with Crippen LogP contribution in [0.2, 0.25) is 0 Å². The Hall–Kier alpha value is -4.64. The molecule has 0 fully saturated rings. The van der Waals surface area contributed by atoms with Crippen LogP contribution in [0.1, 0.15) is 55.5 Å². The molecule has 0 bridgehead atoms. The van der Waals surface area contributed by atoms with Crippen LogP contribution < -0.4 is 25.4 Å². The average Bonchev–Trinajstić information content (AvgIpc) is 3.49. The van der Waals surface area contributed by atoms with Crippen LogP contribution in [-0.4, -0.2) is 72.9 Å². The van der Waals surface area contributed by atoms with Crippen molar-refractivity contribution in [3.05, 3.63) is 77.9 Å². The van der Waals surface area contributed by atoms with Crippen molar-refractivity contribution in [3.8, 4) is 11.5 Å². The molecule has 244 valence electrons. The third kappa shape index (κ3) is 8.97. The van der Waals surface area contributed by atoms with E-state index >= 15 is 0 Å². The summed E-state index contributed by atoms with van der Waals surface area (Å²) in [5.41, 5.74) is 4.06. The largest absolute Gasteiger partial charge is 0.493 e. The summed E-state index contributed by atoms with van der Waals surface area (Å²) in [6, 6.07) is 13.8. The van der Waals surface area contributed by atoms with Gasteiger partial charge in [0.05, 0.1) is 38.5 Å². The first-order valence-electron chi connectivity index (χ1n) is 16.1. The number of ether oxygens (including phenoxy) is 3. The van der Waals surface area contributed by atoms with Gasteiger partial charge in [0.15, 0.2) is 0 Å². The first-order valence-corrected chi connectivity index (χ1v) is 16.1. The number of benzene rings is 1. The first-order chi connectivity index (χ1) is 22.5. The lowest BCUT2D eigenvalue weighted by atomic mass is 10.0. The predicted octanol–water partition coefficient (Wildman–Crippen LogP) is 4.45. The molecule has 1 unspecified atom stereocenters. The van der Waals surface area contributed by atoms with Gasteiger partial charge < -0.3 is 34.7 Å². The highest BCUT2D eigenvalue weighted by Crippen LogP contribution is 2.31. The molecule has 1 amide bonds. The molecular formula is C35H44N6O5. The second-order valence-corrected chi connectivity index (χ2v) is 11.3. The number of aryl methyl sites for hydroxylation is 1. The first kappa shape index (κ1) is 32.7. The number of carbonyl (C=O) groups excluding carboxylic acids is 2. The van der Waals surface area contributed by atoms with Crippen molar-refractivity contribution in [1.29, 1.82) is 0 Å². The zero-order valence-corrected chi connectivity index (χ0v) is 26.7. The number of likely N-dealkylation sites (N-methyl/N-ethyl adjacent to an activating group) is 1. The summed E-state index contributed by atoms with van der Waals surface area (Å²) in [7, 11) is 1.85. The number of nitrogens with one attached hydrogen (secondary N) is 3. The lowest BCUT2D eigenvalue weighted by Gasteiger charge is -2.21. The van der Waals surface area contributed by atoms with Gasteiger partial charge in [0.25, 0.3) is 0 Å². The number of nitrogens with zero attached hydrogens (tertiary/aromatic N) is 3. The molecule has 4 heterocycles. The smallest absolute Gasteiger partial charge is 0.308 e. The van der Waals surface area contributed by atoms with Crippen LogP contribution in [0.4, 0.5) is 5.82 Å². The van der Waals surface area contributed by atoms with Gasteiger partial charge in [-0.15, -0.1) is 0 Å². The summed E-state index contributed by atoms with van der Waals surface area (Å²) >= 11 is 0. The van der Waals surface area contributed by atoms with Crippen molar-refractivity contribution in [2.24, 2.45) is 0 Å². The Balaban J connectivity index is 1.24. The number of hydrogen-bond acceptors (Lipinski definition) is 9. The van der Waals surface area contributed by atoms with Gasteiger partial charge in [-0.2, -0.15) is 0 Å². The number of hydrogen-bond donors (Lipinski definition) is 3. The van der Waals surface area contributed by atoms with E-state index in [4.69, 9.17) is 19.2 Å². The van der Waals surface area contributed by atoms with Crippen molar-refractivity contribution in [2.75, 3.05) is 51.8 Å². The Bertz CT molecular complexity index is 1610. The Morgan fingerprint density at radius 2 is 1.93 bits per heavy atom. The Labute approximate surface area is 270 Å². The summed E-state index contributed by atoms with van der Waals surface area (Å²) in [4.78, 5) is 33.9. The number of anilines is 1. The second kappa shape index (κ2) is 16.6. The highest BCUT2D eigenvalue weighted by molar-refractivity contribution is 5.82. The number of carbonyl (C=O) groups is 2. The average molecular weight is 629 g/mol. The van der Waals surface area contributed by atoms with Crippen LogP contribution in [-0.2, 0) is 27.2 Å². The Morgan fingerprint density at radius 1 is 1.04 bits per heavy atom. The number of fused-ring (bicyclic) bond motifs is 2. The lowest BCUT2D eigenvalue weighted by Crippen LogP contribution is -2.30. The SMILES string of the molecule is CCOC(=O)CC(c1cncc(OCCCC(=O)NCCNC)c1)n1ccc2cc(OCCc3ccc4c(n3)NCCC4)ccc21. The number of pyridine rings is 2. The molecule has 0 radical (unpaired) electrons. The predicted molar refractivity (Wildman–Crippen MR) is 177 cm³/mol. The van der Waals surface area contributed by atoms with Gasteiger partial charge >= 0.3 is 5.97 Å². The van der Waals surface area contributed by atoms with Crippen LogP contribution in [0.3, 0.4) is 0 Å². The molecule has 0 saturated carbocycles. The molecule has 3 N–H and O–H groups in total. The van der Waals surface area contributed by atoms with E-state index in [0.717, 1.165) is 59.7 Å². The van der Waals surface area contributed by atoms with Gasteiger partial charge in [-0.05, 0) is 80.8 Å². The van der Waals surface area contributed by atoms with Gasteiger partial charge in [-0.25, -0.2) is 4.98 Å². The van der Waals surface area contributed by atoms with Gasteiger partial charge in [-0.3, -0.25) is 14.6 Å². The minimum Gasteiger partial charge on any atom is -0.493 e. The molecule has 1 aromatic carbocycles. The topological polar surface area (TPSA) is 129 Å². The maximum absolute atomic E-state index is 12.7. The maximum Gasteiger partial charge on any atom is 0.308 e. The summed E-state index contributed by atoms with van der Waals surface area (Å²) in [6.45, 7) is 5.29. The molecule has 3 aromatic heterocycles. The maximum atomic E-state index is 12.7. The van der Waals surface area contributed by atoms with Crippen LogP contribution >= 0.6 is 0 Å². The van der Waals surface area contributed by atoms with E-state index in [-0.39, 0.29) is 24.3 Å². The van der Waals surface area contributed by atoms with E-state index in [1.54, 1.807) is 19.3 Å². The number of aromatic nitrogens is 3. The summed E-state index contributed by atoms with van der Waals surface area (Å²) in [5, 5.41) is 10.3. The molecule has 46 heavy (non-hydrogen) atoms. The molecule has 0 spiro atoms. The minimum absolute atomic E-state index is 0.00256. The number of amides is 1. The van der Waals surface area contributed by atoms with E-state index in [9.17, 15) is 9.59 Å². The molecule has 11 nitrogen and oxygen atoms in total.